The SMILES string of the molecule is CCCCCCCCCC[C@H]1CC[C@H](c2ccc(-c3ccc(C4=CCC(CC)CC4)cc3)cc2)CC1. The first-order valence-corrected chi connectivity index (χ1v) is 15.7. The van der Waals surface area contributed by atoms with E-state index in [1.54, 1.807) is 11.1 Å². The Morgan fingerprint density at radius 3 is 1.75 bits per heavy atom. The highest BCUT2D eigenvalue weighted by molar-refractivity contribution is 5.71. The van der Waals surface area contributed by atoms with Crippen molar-refractivity contribution in [3.63, 3.8) is 0 Å². The van der Waals surface area contributed by atoms with Gasteiger partial charge < -0.3 is 0 Å². The van der Waals surface area contributed by atoms with Crippen molar-refractivity contribution in [3.05, 3.63) is 65.7 Å². The standard InChI is InChI=1S/C36H52/c1-3-5-6-7-8-9-10-11-12-30-15-19-32(20-16-30)34-23-27-36(28-24-34)35-25-21-33(22-26-35)31-17-13-29(4-2)14-18-31/h17,21-30,32H,3-16,18-20H2,1-2H3/t29?,30-,32-. The fourth-order valence-electron chi connectivity index (χ4n) is 6.70. The summed E-state index contributed by atoms with van der Waals surface area (Å²) in [6, 6.07) is 18.9. The minimum Gasteiger partial charge on any atom is -0.0804 e. The van der Waals surface area contributed by atoms with E-state index in [1.165, 1.54) is 126 Å². The molecule has 0 amide bonds. The van der Waals surface area contributed by atoms with Crippen LogP contribution in [-0.4, -0.2) is 0 Å². The van der Waals surface area contributed by atoms with Gasteiger partial charge in [-0.2, -0.15) is 0 Å². The van der Waals surface area contributed by atoms with Gasteiger partial charge in [-0.15, -0.1) is 0 Å². The number of rotatable bonds is 13. The second kappa shape index (κ2) is 14.8. The van der Waals surface area contributed by atoms with Crippen LogP contribution in [0.2, 0.25) is 0 Å². The average Bonchev–Trinajstić information content (AvgIpc) is 2.95. The monoisotopic (exact) mass is 484 g/mol. The Morgan fingerprint density at radius 2 is 1.17 bits per heavy atom. The number of hydrogen-bond donors (Lipinski definition) is 0. The molecule has 196 valence electrons. The van der Waals surface area contributed by atoms with Gasteiger partial charge in [-0.3, -0.25) is 0 Å². The molecule has 36 heavy (non-hydrogen) atoms. The van der Waals surface area contributed by atoms with E-state index in [2.05, 4.69) is 68.5 Å². The lowest BCUT2D eigenvalue weighted by molar-refractivity contribution is 0.302. The van der Waals surface area contributed by atoms with Crippen molar-refractivity contribution < 1.29 is 0 Å². The minimum absolute atomic E-state index is 0.779. The molecule has 2 aromatic carbocycles. The Hall–Kier alpha value is -1.82. The largest absolute Gasteiger partial charge is 0.0804 e. The Bertz CT molecular complexity index is 892. The predicted octanol–water partition coefficient (Wildman–Crippen LogP) is 11.8. The zero-order valence-corrected chi connectivity index (χ0v) is 23.4. The summed E-state index contributed by atoms with van der Waals surface area (Å²) in [5, 5.41) is 0. The van der Waals surface area contributed by atoms with Gasteiger partial charge in [-0.25, -0.2) is 0 Å². The van der Waals surface area contributed by atoms with E-state index in [0.29, 0.717) is 0 Å². The summed E-state index contributed by atoms with van der Waals surface area (Å²) in [6.45, 7) is 4.63. The minimum atomic E-state index is 0.779. The lowest BCUT2D eigenvalue weighted by Gasteiger charge is -2.29. The van der Waals surface area contributed by atoms with E-state index < -0.39 is 0 Å². The molecule has 0 spiro atoms. The Labute approximate surface area is 223 Å². The number of benzene rings is 2. The molecule has 1 unspecified atom stereocenters. The summed E-state index contributed by atoms with van der Waals surface area (Å²) in [5.41, 5.74) is 7.26. The summed E-state index contributed by atoms with van der Waals surface area (Å²) in [4.78, 5) is 0. The zero-order chi connectivity index (χ0) is 25.0. The van der Waals surface area contributed by atoms with Crippen LogP contribution in [0.1, 0.15) is 140 Å². The average molecular weight is 485 g/mol. The third-order valence-corrected chi connectivity index (χ3v) is 9.38. The Kier molecular flexibility index (Phi) is 11.2. The van der Waals surface area contributed by atoms with Crippen LogP contribution in [0.3, 0.4) is 0 Å². The van der Waals surface area contributed by atoms with E-state index in [9.17, 15) is 0 Å². The second-order valence-electron chi connectivity index (χ2n) is 12.0. The third kappa shape index (κ3) is 8.09. The maximum atomic E-state index is 2.49. The van der Waals surface area contributed by atoms with Crippen molar-refractivity contribution in [1.29, 1.82) is 0 Å². The van der Waals surface area contributed by atoms with Crippen molar-refractivity contribution in [2.24, 2.45) is 11.8 Å². The summed E-state index contributed by atoms with van der Waals surface area (Å²) >= 11 is 0. The molecule has 1 saturated carbocycles. The molecule has 0 aromatic heterocycles. The predicted molar refractivity (Wildman–Crippen MR) is 159 cm³/mol. The van der Waals surface area contributed by atoms with Gasteiger partial charge in [0.15, 0.2) is 0 Å². The molecule has 0 aliphatic heterocycles. The number of hydrogen-bond acceptors (Lipinski definition) is 0. The maximum Gasteiger partial charge on any atom is -0.0162 e. The fraction of sp³-hybridized carbons (Fsp3) is 0.611. The van der Waals surface area contributed by atoms with Crippen LogP contribution >= 0.6 is 0 Å². The maximum absolute atomic E-state index is 2.49. The van der Waals surface area contributed by atoms with Gasteiger partial charge >= 0.3 is 0 Å². The summed E-state index contributed by atoms with van der Waals surface area (Å²) in [5.74, 6) is 2.67. The first kappa shape index (κ1) is 27.2. The second-order valence-corrected chi connectivity index (χ2v) is 12.0. The van der Waals surface area contributed by atoms with E-state index in [1.807, 2.05) is 0 Å². The molecular weight excluding hydrogens is 432 g/mol. The van der Waals surface area contributed by atoms with Gasteiger partial charge in [0.25, 0.3) is 0 Å². The van der Waals surface area contributed by atoms with Gasteiger partial charge in [0.05, 0.1) is 0 Å². The highest BCUT2D eigenvalue weighted by atomic mass is 14.3. The van der Waals surface area contributed by atoms with Crippen LogP contribution < -0.4 is 0 Å². The molecule has 0 heteroatoms. The molecule has 1 atom stereocenters. The van der Waals surface area contributed by atoms with Crippen LogP contribution in [-0.2, 0) is 0 Å². The highest BCUT2D eigenvalue weighted by Gasteiger charge is 2.22. The van der Waals surface area contributed by atoms with E-state index >= 15 is 0 Å². The van der Waals surface area contributed by atoms with Gasteiger partial charge in [-0.1, -0.05) is 133 Å². The van der Waals surface area contributed by atoms with Crippen LogP contribution in [0, 0.1) is 11.8 Å². The first-order valence-electron chi connectivity index (χ1n) is 15.7. The van der Waals surface area contributed by atoms with Gasteiger partial charge in [0.1, 0.15) is 0 Å². The molecule has 2 aromatic rings. The molecule has 2 aliphatic rings. The van der Waals surface area contributed by atoms with Crippen molar-refractivity contribution >= 4 is 5.57 Å². The fourth-order valence-corrected chi connectivity index (χ4v) is 6.70. The molecule has 0 N–H and O–H groups in total. The molecular formula is C36H52. The Balaban J connectivity index is 1.19. The van der Waals surface area contributed by atoms with E-state index in [-0.39, 0.29) is 0 Å². The van der Waals surface area contributed by atoms with E-state index in [4.69, 9.17) is 0 Å². The van der Waals surface area contributed by atoms with E-state index in [0.717, 1.165) is 17.8 Å². The molecule has 0 bridgehead atoms. The molecule has 0 heterocycles. The Morgan fingerprint density at radius 1 is 0.583 bits per heavy atom. The number of unbranched alkanes of at least 4 members (excludes halogenated alkanes) is 7. The zero-order valence-electron chi connectivity index (χ0n) is 23.4. The van der Waals surface area contributed by atoms with Crippen molar-refractivity contribution in [2.45, 2.75) is 129 Å². The van der Waals surface area contributed by atoms with Crippen molar-refractivity contribution in [2.75, 3.05) is 0 Å². The molecule has 1 fully saturated rings. The van der Waals surface area contributed by atoms with Crippen LogP contribution in [0.25, 0.3) is 16.7 Å². The molecule has 0 radical (unpaired) electrons. The quantitative estimate of drug-likeness (QED) is 0.248. The lowest BCUT2D eigenvalue weighted by atomic mass is 9.77. The first-order chi connectivity index (χ1) is 17.8. The molecule has 0 saturated heterocycles. The van der Waals surface area contributed by atoms with Crippen LogP contribution in [0.15, 0.2) is 54.6 Å². The smallest absolute Gasteiger partial charge is 0.0162 e. The summed E-state index contributed by atoms with van der Waals surface area (Å²) in [7, 11) is 0. The van der Waals surface area contributed by atoms with Crippen molar-refractivity contribution in [3.8, 4) is 11.1 Å². The summed E-state index contributed by atoms with van der Waals surface area (Å²) < 4.78 is 0. The number of allylic oxidation sites excluding steroid dienone is 2. The molecule has 0 nitrogen and oxygen atoms in total. The topological polar surface area (TPSA) is 0 Å². The lowest BCUT2D eigenvalue weighted by Crippen LogP contribution is -2.13. The van der Waals surface area contributed by atoms with Gasteiger partial charge in [-0.05, 0) is 90.5 Å². The highest BCUT2D eigenvalue weighted by Crippen LogP contribution is 2.38. The van der Waals surface area contributed by atoms with Gasteiger partial charge in [0, 0.05) is 0 Å². The molecule has 2 aliphatic carbocycles. The van der Waals surface area contributed by atoms with Gasteiger partial charge in [0.2, 0.25) is 0 Å². The van der Waals surface area contributed by atoms with Crippen LogP contribution in [0.5, 0.6) is 0 Å². The molecule has 4 rings (SSSR count). The summed E-state index contributed by atoms with van der Waals surface area (Å²) in [6.07, 6.45) is 26.4. The normalized spacial score (nSPS) is 22.4. The third-order valence-electron chi connectivity index (χ3n) is 9.38. The van der Waals surface area contributed by atoms with Crippen molar-refractivity contribution in [1.82, 2.24) is 0 Å². The van der Waals surface area contributed by atoms with Crippen LogP contribution in [0.4, 0.5) is 0 Å².